The molecule has 0 amide bonds. The molecule has 0 saturated carbocycles. The molecule has 20 heavy (non-hydrogen) atoms. The lowest BCUT2D eigenvalue weighted by molar-refractivity contribution is -0.385. The summed E-state index contributed by atoms with van der Waals surface area (Å²) in [6, 6.07) is 3.78. The fourth-order valence-electron chi connectivity index (χ4n) is 2.52. The minimum Gasteiger partial charge on any atom is -0.356 e. The Morgan fingerprint density at radius 3 is 2.95 bits per heavy atom. The molecule has 1 aliphatic rings. The van der Waals surface area contributed by atoms with Crippen molar-refractivity contribution < 1.29 is 4.92 Å². The van der Waals surface area contributed by atoms with Gasteiger partial charge in [0.2, 0.25) is 0 Å². The van der Waals surface area contributed by atoms with E-state index in [9.17, 15) is 10.1 Å². The molecular formula is C14H22N4O2. The molecule has 2 heterocycles. The highest BCUT2D eigenvalue weighted by molar-refractivity contribution is 5.43. The standard InChI is InChI=1S/C14H22N4O2/c1-11(2)15-8-12-4-3-7-17(10-12)14-6-5-13(9-16-14)18(19)20/h5-6,9,11-12,15H,3-4,7-8,10H2,1-2H3. The SMILES string of the molecule is CC(C)NCC1CCCN(c2ccc([N+](=O)[O-])cn2)C1. The lowest BCUT2D eigenvalue weighted by Crippen LogP contribution is -2.41. The Hall–Kier alpha value is -1.69. The van der Waals surface area contributed by atoms with Crippen LogP contribution in [-0.4, -0.2) is 35.6 Å². The maximum Gasteiger partial charge on any atom is 0.287 e. The molecule has 1 aromatic heterocycles. The summed E-state index contributed by atoms with van der Waals surface area (Å²) in [5.74, 6) is 1.45. The summed E-state index contributed by atoms with van der Waals surface area (Å²) >= 11 is 0. The van der Waals surface area contributed by atoms with Gasteiger partial charge in [0.1, 0.15) is 12.0 Å². The van der Waals surface area contributed by atoms with Crippen LogP contribution in [0.3, 0.4) is 0 Å². The second-order valence-corrected chi connectivity index (χ2v) is 5.65. The lowest BCUT2D eigenvalue weighted by Gasteiger charge is -2.34. The second kappa shape index (κ2) is 6.65. The van der Waals surface area contributed by atoms with Gasteiger partial charge < -0.3 is 10.2 Å². The highest BCUT2D eigenvalue weighted by Crippen LogP contribution is 2.22. The van der Waals surface area contributed by atoms with Gasteiger partial charge in [-0.3, -0.25) is 10.1 Å². The van der Waals surface area contributed by atoms with Gasteiger partial charge in [0.05, 0.1) is 4.92 Å². The number of hydrogen-bond donors (Lipinski definition) is 1. The maximum absolute atomic E-state index is 10.6. The maximum atomic E-state index is 10.6. The van der Waals surface area contributed by atoms with Crippen LogP contribution in [-0.2, 0) is 0 Å². The Bertz CT molecular complexity index is 447. The van der Waals surface area contributed by atoms with Gasteiger partial charge in [0, 0.05) is 25.2 Å². The van der Waals surface area contributed by atoms with Crippen molar-refractivity contribution in [1.29, 1.82) is 0 Å². The number of rotatable bonds is 5. The van der Waals surface area contributed by atoms with Crippen LogP contribution in [0.2, 0.25) is 0 Å². The Labute approximate surface area is 119 Å². The number of hydrogen-bond acceptors (Lipinski definition) is 5. The number of nitrogens with one attached hydrogen (secondary N) is 1. The number of piperidine rings is 1. The number of anilines is 1. The van der Waals surface area contributed by atoms with Crippen LogP contribution in [0, 0.1) is 16.0 Å². The van der Waals surface area contributed by atoms with Crippen molar-refractivity contribution in [2.45, 2.75) is 32.7 Å². The van der Waals surface area contributed by atoms with Gasteiger partial charge in [-0.2, -0.15) is 0 Å². The largest absolute Gasteiger partial charge is 0.356 e. The third-order valence-electron chi connectivity index (χ3n) is 3.60. The molecule has 0 aromatic carbocycles. The molecule has 0 aliphatic carbocycles. The van der Waals surface area contributed by atoms with Gasteiger partial charge in [-0.1, -0.05) is 13.8 Å². The quantitative estimate of drug-likeness (QED) is 0.660. The molecule has 1 unspecified atom stereocenters. The molecule has 1 aromatic rings. The van der Waals surface area contributed by atoms with Gasteiger partial charge in [-0.25, -0.2) is 4.98 Å². The van der Waals surface area contributed by atoms with Gasteiger partial charge in [0.15, 0.2) is 0 Å². The van der Waals surface area contributed by atoms with Crippen LogP contribution in [0.1, 0.15) is 26.7 Å². The molecule has 1 saturated heterocycles. The van der Waals surface area contributed by atoms with Crippen LogP contribution in [0.5, 0.6) is 0 Å². The Morgan fingerprint density at radius 1 is 1.55 bits per heavy atom. The van der Waals surface area contributed by atoms with E-state index in [0.717, 1.165) is 31.9 Å². The van der Waals surface area contributed by atoms with Gasteiger partial charge in [-0.05, 0) is 31.4 Å². The average molecular weight is 278 g/mol. The number of aromatic nitrogens is 1. The van der Waals surface area contributed by atoms with Crippen molar-refractivity contribution in [2.75, 3.05) is 24.5 Å². The molecule has 1 atom stereocenters. The first kappa shape index (κ1) is 14.7. The van der Waals surface area contributed by atoms with Gasteiger partial charge >= 0.3 is 0 Å². The summed E-state index contributed by atoms with van der Waals surface area (Å²) in [5.41, 5.74) is 0.0452. The molecule has 0 bridgehead atoms. The van der Waals surface area contributed by atoms with E-state index in [1.54, 1.807) is 6.07 Å². The molecule has 1 aliphatic heterocycles. The van der Waals surface area contributed by atoms with Crippen LogP contribution in [0.4, 0.5) is 11.5 Å². The van der Waals surface area contributed by atoms with Crippen LogP contribution < -0.4 is 10.2 Å². The molecule has 6 nitrogen and oxygen atoms in total. The zero-order valence-corrected chi connectivity index (χ0v) is 12.1. The summed E-state index contributed by atoms with van der Waals surface area (Å²) in [6.45, 7) is 7.26. The fourth-order valence-corrected chi connectivity index (χ4v) is 2.52. The molecule has 110 valence electrons. The normalized spacial score (nSPS) is 19.4. The molecule has 1 fully saturated rings. The lowest BCUT2D eigenvalue weighted by atomic mass is 9.97. The zero-order chi connectivity index (χ0) is 14.5. The highest BCUT2D eigenvalue weighted by Gasteiger charge is 2.21. The number of nitro groups is 1. The van der Waals surface area contributed by atoms with Gasteiger partial charge in [-0.15, -0.1) is 0 Å². The van der Waals surface area contributed by atoms with Crippen molar-refractivity contribution in [3.8, 4) is 0 Å². The summed E-state index contributed by atoms with van der Waals surface area (Å²) in [5, 5.41) is 14.1. The molecule has 0 spiro atoms. The monoisotopic (exact) mass is 278 g/mol. The first-order valence-corrected chi connectivity index (χ1v) is 7.15. The first-order chi connectivity index (χ1) is 9.56. The zero-order valence-electron chi connectivity index (χ0n) is 12.1. The Kier molecular flexibility index (Phi) is 4.89. The van der Waals surface area contributed by atoms with Crippen molar-refractivity contribution in [2.24, 2.45) is 5.92 Å². The predicted molar refractivity (Wildman–Crippen MR) is 79.0 cm³/mol. The third-order valence-corrected chi connectivity index (χ3v) is 3.60. The highest BCUT2D eigenvalue weighted by atomic mass is 16.6. The minimum atomic E-state index is -0.414. The fraction of sp³-hybridized carbons (Fsp3) is 0.643. The topological polar surface area (TPSA) is 71.3 Å². The summed E-state index contributed by atoms with van der Waals surface area (Å²) in [4.78, 5) is 16.7. The second-order valence-electron chi connectivity index (χ2n) is 5.65. The molecule has 6 heteroatoms. The first-order valence-electron chi connectivity index (χ1n) is 7.15. The van der Waals surface area contributed by atoms with E-state index in [1.165, 1.54) is 18.7 Å². The van der Waals surface area contributed by atoms with Gasteiger partial charge in [0.25, 0.3) is 5.69 Å². The third kappa shape index (κ3) is 3.90. The summed E-state index contributed by atoms with van der Waals surface area (Å²) in [7, 11) is 0. The van der Waals surface area contributed by atoms with Crippen molar-refractivity contribution in [3.63, 3.8) is 0 Å². The molecule has 1 N–H and O–H groups in total. The van der Waals surface area contributed by atoms with E-state index in [1.807, 2.05) is 0 Å². The van der Waals surface area contributed by atoms with Crippen molar-refractivity contribution in [1.82, 2.24) is 10.3 Å². The van der Waals surface area contributed by atoms with Crippen molar-refractivity contribution >= 4 is 11.5 Å². The van der Waals surface area contributed by atoms with E-state index in [2.05, 4.69) is 29.0 Å². The molecule has 2 rings (SSSR count). The van der Waals surface area contributed by atoms with Crippen LogP contribution in [0.15, 0.2) is 18.3 Å². The summed E-state index contributed by atoms with van der Waals surface area (Å²) in [6.07, 6.45) is 3.71. The Balaban J connectivity index is 1.96. The smallest absolute Gasteiger partial charge is 0.287 e. The van der Waals surface area contributed by atoms with E-state index in [4.69, 9.17) is 0 Å². The number of pyridine rings is 1. The minimum absolute atomic E-state index is 0.0452. The van der Waals surface area contributed by atoms with Crippen molar-refractivity contribution in [3.05, 3.63) is 28.4 Å². The van der Waals surface area contributed by atoms with Crippen LogP contribution >= 0.6 is 0 Å². The van der Waals surface area contributed by atoms with E-state index < -0.39 is 4.92 Å². The Morgan fingerprint density at radius 2 is 2.35 bits per heavy atom. The molecule has 0 radical (unpaired) electrons. The van der Waals surface area contributed by atoms with Crippen LogP contribution in [0.25, 0.3) is 0 Å². The average Bonchev–Trinajstić information content (AvgIpc) is 2.45. The predicted octanol–water partition coefficient (Wildman–Crippen LogP) is 2.20. The van der Waals surface area contributed by atoms with E-state index >= 15 is 0 Å². The molecular weight excluding hydrogens is 256 g/mol. The van der Waals surface area contributed by atoms with E-state index in [-0.39, 0.29) is 5.69 Å². The summed E-state index contributed by atoms with van der Waals surface area (Å²) < 4.78 is 0. The van der Waals surface area contributed by atoms with E-state index in [0.29, 0.717) is 12.0 Å². The number of nitrogens with zero attached hydrogens (tertiary/aromatic N) is 3.